The summed E-state index contributed by atoms with van der Waals surface area (Å²) in [6.45, 7) is 0. The van der Waals surface area contributed by atoms with Gasteiger partial charge in [-0.2, -0.15) is 0 Å². The third-order valence-electron chi connectivity index (χ3n) is 9.99. The van der Waals surface area contributed by atoms with Gasteiger partial charge in [0.05, 0.1) is 0 Å². The van der Waals surface area contributed by atoms with Gasteiger partial charge in [-0.15, -0.1) is 0 Å². The molecule has 248 valence electrons. The Balaban J connectivity index is 1.08. The minimum absolute atomic E-state index is 0.629. The maximum atomic E-state index is 6.24. The van der Waals surface area contributed by atoms with Gasteiger partial charge in [-0.3, -0.25) is 0 Å². The second-order valence-electron chi connectivity index (χ2n) is 13.1. The van der Waals surface area contributed by atoms with E-state index in [1.807, 2.05) is 54.6 Å². The zero-order valence-corrected chi connectivity index (χ0v) is 28.6. The van der Waals surface area contributed by atoms with E-state index in [-0.39, 0.29) is 0 Å². The van der Waals surface area contributed by atoms with Gasteiger partial charge < -0.3 is 4.42 Å². The van der Waals surface area contributed by atoms with Gasteiger partial charge in [-0.05, 0) is 56.3 Å². The summed E-state index contributed by atoms with van der Waals surface area (Å²) in [6.07, 6.45) is 0. The first-order valence-corrected chi connectivity index (χ1v) is 17.8. The number of aromatic nitrogens is 3. The number of furan rings is 1. The first kappa shape index (κ1) is 30.6. The summed E-state index contributed by atoms with van der Waals surface area (Å²) >= 11 is 0. The molecule has 0 atom stereocenters. The van der Waals surface area contributed by atoms with Gasteiger partial charge >= 0.3 is 0 Å². The van der Waals surface area contributed by atoms with Crippen molar-refractivity contribution in [3.05, 3.63) is 188 Å². The van der Waals surface area contributed by atoms with E-state index in [1.165, 1.54) is 27.5 Å². The fraction of sp³-hybridized carbons (Fsp3) is 0. The van der Waals surface area contributed by atoms with Gasteiger partial charge in [0.25, 0.3) is 0 Å². The summed E-state index contributed by atoms with van der Waals surface area (Å²) in [4.78, 5) is 15.1. The van der Waals surface area contributed by atoms with E-state index in [2.05, 4.69) is 133 Å². The van der Waals surface area contributed by atoms with E-state index in [0.717, 1.165) is 55.3 Å². The zero-order valence-electron chi connectivity index (χ0n) is 28.6. The van der Waals surface area contributed by atoms with Crippen LogP contribution in [-0.4, -0.2) is 15.0 Å². The SMILES string of the molecule is c1ccc(-c2nc(-c3ccc(-c4ccc(-c5cccc6oc7ccccc7c56)c5ccccc45)cc3)nc(-c3ccccc3-c3ccccc3)n2)cc1. The van der Waals surface area contributed by atoms with Crippen molar-refractivity contribution < 1.29 is 4.42 Å². The summed E-state index contributed by atoms with van der Waals surface area (Å²) in [5.74, 6) is 1.91. The van der Waals surface area contributed by atoms with E-state index in [9.17, 15) is 0 Å². The molecule has 4 heteroatoms. The van der Waals surface area contributed by atoms with Crippen molar-refractivity contribution in [3.63, 3.8) is 0 Å². The summed E-state index contributed by atoms with van der Waals surface area (Å²) < 4.78 is 6.24. The zero-order chi connectivity index (χ0) is 35.1. The Bertz CT molecular complexity index is 2930. The Hall–Kier alpha value is -7.17. The molecule has 0 N–H and O–H groups in total. The molecular formula is C49H31N3O. The van der Waals surface area contributed by atoms with Gasteiger partial charge in [0.2, 0.25) is 0 Å². The molecule has 0 fully saturated rings. The molecule has 10 aromatic rings. The predicted octanol–water partition coefficient (Wildman–Crippen LogP) is 12.9. The average Bonchev–Trinajstić information content (AvgIpc) is 3.63. The molecule has 10 rings (SSSR count). The Morgan fingerprint density at radius 1 is 0.264 bits per heavy atom. The van der Waals surface area contributed by atoms with Crippen LogP contribution in [0.2, 0.25) is 0 Å². The molecule has 0 spiro atoms. The molecule has 0 bridgehead atoms. The van der Waals surface area contributed by atoms with Gasteiger partial charge in [0, 0.05) is 27.5 Å². The van der Waals surface area contributed by atoms with Crippen molar-refractivity contribution in [3.8, 4) is 67.5 Å². The van der Waals surface area contributed by atoms with Crippen LogP contribution in [0.15, 0.2) is 192 Å². The molecule has 0 amide bonds. The Labute approximate surface area is 306 Å². The molecule has 2 aromatic heterocycles. The summed E-state index contributed by atoms with van der Waals surface area (Å²) in [7, 11) is 0. The van der Waals surface area contributed by atoms with Crippen molar-refractivity contribution in [1.29, 1.82) is 0 Å². The van der Waals surface area contributed by atoms with Crippen LogP contribution in [0.3, 0.4) is 0 Å². The lowest BCUT2D eigenvalue weighted by Gasteiger charge is -2.14. The molecule has 4 nitrogen and oxygen atoms in total. The molecule has 2 heterocycles. The standard InChI is InChI=1S/C49H31N3O/c1-3-14-32(15-4-1)36-18-7-10-21-42(36)49-51-47(34-16-5-2-6-17-34)50-48(52-49)35-28-26-33(27-29-35)37-30-31-40(39-20-9-8-19-38(37)39)41-23-13-25-45-46(41)43-22-11-12-24-44(43)53-45/h1-31H. The highest BCUT2D eigenvalue weighted by molar-refractivity contribution is 6.16. The van der Waals surface area contributed by atoms with Crippen LogP contribution in [0, 0.1) is 0 Å². The molecule has 0 aliphatic heterocycles. The van der Waals surface area contributed by atoms with Crippen LogP contribution in [0.1, 0.15) is 0 Å². The van der Waals surface area contributed by atoms with Gasteiger partial charge in [0.15, 0.2) is 17.5 Å². The van der Waals surface area contributed by atoms with E-state index in [1.54, 1.807) is 0 Å². The molecule has 0 aliphatic carbocycles. The van der Waals surface area contributed by atoms with Crippen LogP contribution in [0.4, 0.5) is 0 Å². The molecule has 0 radical (unpaired) electrons. The number of para-hydroxylation sites is 1. The number of nitrogens with zero attached hydrogens (tertiary/aromatic N) is 3. The van der Waals surface area contributed by atoms with Crippen LogP contribution in [0.5, 0.6) is 0 Å². The van der Waals surface area contributed by atoms with E-state index >= 15 is 0 Å². The second kappa shape index (κ2) is 12.9. The minimum atomic E-state index is 0.629. The summed E-state index contributed by atoms with van der Waals surface area (Å²) in [5, 5.41) is 4.65. The number of hydrogen-bond acceptors (Lipinski definition) is 4. The Morgan fingerprint density at radius 2 is 0.736 bits per heavy atom. The number of rotatable bonds is 6. The minimum Gasteiger partial charge on any atom is -0.456 e. The first-order valence-electron chi connectivity index (χ1n) is 17.8. The highest BCUT2D eigenvalue weighted by atomic mass is 16.3. The number of hydrogen-bond donors (Lipinski definition) is 0. The Morgan fingerprint density at radius 3 is 1.47 bits per heavy atom. The maximum absolute atomic E-state index is 6.24. The molecular weight excluding hydrogens is 647 g/mol. The lowest BCUT2D eigenvalue weighted by molar-refractivity contribution is 0.669. The van der Waals surface area contributed by atoms with Crippen molar-refractivity contribution >= 4 is 32.7 Å². The van der Waals surface area contributed by atoms with Crippen molar-refractivity contribution in [2.75, 3.05) is 0 Å². The Kier molecular flexibility index (Phi) is 7.43. The van der Waals surface area contributed by atoms with Crippen LogP contribution in [-0.2, 0) is 0 Å². The van der Waals surface area contributed by atoms with Crippen LogP contribution in [0.25, 0.3) is 100 Å². The topological polar surface area (TPSA) is 51.8 Å². The molecule has 0 saturated heterocycles. The molecule has 8 aromatic carbocycles. The second-order valence-corrected chi connectivity index (χ2v) is 13.1. The fourth-order valence-electron chi connectivity index (χ4n) is 7.47. The van der Waals surface area contributed by atoms with Crippen LogP contribution >= 0.6 is 0 Å². The lowest BCUT2D eigenvalue weighted by atomic mass is 9.90. The molecule has 53 heavy (non-hydrogen) atoms. The van der Waals surface area contributed by atoms with Crippen molar-refractivity contribution in [2.24, 2.45) is 0 Å². The van der Waals surface area contributed by atoms with E-state index < -0.39 is 0 Å². The van der Waals surface area contributed by atoms with E-state index in [4.69, 9.17) is 19.4 Å². The first-order chi connectivity index (χ1) is 26.3. The highest BCUT2D eigenvalue weighted by Crippen LogP contribution is 2.42. The van der Waals surface area contributed by atoms with Crippen LogP contribution < -0.4 is 0 Å². The van der Waals surface area contributed by atoms with Gasteiger partial charge in [-0.25, -0.2) is 15.0 Å². The highest BCUT2D eigenvalue weighted by Gasteiger charge is 2.18. The third kappa shape index (κ3) is 5.45. The maximum Gasteiger partial charge on any atom is 0.164 e. The third-order valence-corrected chi connectivity index (χ3v) is 9.99. The summed E-state index contributed by atoms with van der Waals surface area (Å²) in [5.41, 5.74) is 11.4. The lowest BCUT2D eigenvalue weighted by Crippen LogP contribution is -2.01. The smallest absolute Gasteiger partial charge is 0.164 e. The molecule has 0 saturated carbocycles. The normalized spacial score (nSPS) is 11.4. The fourth-order valence-corrected chi connectivity index (χ4v) is 7.47. The van der Waals surface area contributed by atoms with E-state index in [0.29, 0.717) is 17.5 Å². The van der Waals surface area contributed by atoms with Crippen molar-refractivity contribution in [1.82, 2.24) is 15.0 Å². The largest absolute Gasteiger partial charge is 0.456 e. The number of fused-ring (bicyclic) bond motifs is 4. The monoisotopic (exact) mass is 677 g/mol. The quantitative estimate of drug-likeness (QED) is 0.176. The molecule has 0 unspecified atom stereocenters. The van der Waals surface area contributed by atoms with Gasteiger partial charge in [-0.1, -0.05) is 176 Å². The summed E-state index contributed by atoms with van der Waals surface area (Å²) in [6, 6.07) is 65.1. The molecule has 0 aliphatic rings. The van der Waals surface area contributed by atoms with Crippen molar-refractivity contribution in [2.45, 2.75) is 0 Å². The number of benzene rings is 8. The average molecular weight is 678 g/mol. The van der Waals surface area contributed by atoms with Gasteiger partial charge in [0.1, 0.15) is 11.2 Å². The predicted molar refractivity (Wildman–Crippen MR) is 217 cm³/mol.